The van der Waals surface area contributed by atoms with Gasteiger partial charge in [-0.2, -0.15) is 5.10 Å². The zero-order valence-electron chi connectivity index (χ0n) is 14.6. The maximum absolute atomic E-state index is 11.3. The highest BCUT2D eigenvalue weighted by molar-refractivity contribution is 5.89. The number of benzene rings is 1. The van der Waals surface area contributed by atoms with Crippen LogP contribution in [0.25, 0.3) is 0 Å². The molecule has 1 N–H and O–H groups in total. The van der Waals surface area contributed by atoms with E-state index in [9.17, 15) is 9.90 Å². The number of aromatic carboxylic acids is 1. The van der Waals surface area contributed by atoms with Crippen LogP contribution in [0.4, 0.5) is 0 Å². The second-order valence-electron chi connectivity index (χ2n) is 7.48. The van der Waals surface area contributed by atoms with Crippen LogP contribution in [0.5, 0.6) is 0 Å². The summed E-state index contributed by atoms with van der Waals surface area (Å²) in [4.78, 5) is 13.7. The Morgan fingerprint density at radius 3 is 2.71 bits per heavy atom. The first-order chi connectivity index (χ1) is 11.3. The molecule has 1 aliphatic rings. The van der Waals surface area contributed by atoms with Gasteiger partial charge in [-0.1, -0.05) is 39.0 Å². The van der Waals surface area contributed by atoms with Crippen molar-refractivity contribution in [1.29, 1.82) is 0 Å². The van der Waals surface area contributed by atoms with Crippen LogP contribution in [-0.2, 0) is 24.9 Å². The molecule has 0 radical (unpaired) electrons. The fourth-order valence-electron chi connectivity index (χ4n) is 3.10. The summed E-state index contributed by atoms with van der Waals surface area (Å²) in [6, 6.07) is 9.48. The van der Waals surface area contributed by atoms with Gasteiger partial charge in [0.25, 0.3) is 0 Å². The van der Waals surface area contributed by atoms with Crippen molar-refractivity contribution in [3.8, 4) is 0 Å². The first kappa shape index (κ1) is 16.7. The van der Waals surface area contributed by atoms with Gasteiger partial charge in [-0.25, -0.2) is 4.79 Å². The molecule has 1 aromatic heterocycles. The predicted octanol–water partition coefficient (Wildman–Crippen LogP) is 2.94. The van der Waals surface area contributed by atoms with Crippen LogP contribution in [-0.4, -0.2) is 38.8 Å². The molecule has 3 rings (SSSR count). The summed E-state index contributed by atoms with van der Waals surface area (Å²) in [5.41, 5.74) is 3.76. The Morgan fingerprint density at radius 2 is 2.00 bits per heavy atom. The molecule has 0 amide bonds. The summed E-state index contributed by atoms with van der Waals surface area (Å²) in [6.07, 6.45) is 0.753. The third-order valence-corrected chi connectivity index (χ3v) is 4.59. The van der Waals surface area contributed by atoms with Gasteiger partial charge in [0.2, 0.25) is 0 Å². The van der Waals surface area contributed by atoms with Crippen LogP contribution in [0.1, 0.15) is 48.1 Å². The Balaban J connectivity index is 1.67. The highest BCUT2D eigenvalue weighted by atomic mass is 16.4. The normalized spacial score (nSPS) is 15.3. The topological polar surface area (TPSA) is 58.4 Å². The van der Waals surface area contributed by atoms with Crippen LogP contribution >= 0.6 is 0 Å². The number of carboxylic acids is 1. The highest BCUT2D eigenvalue weighted by Crippen LogP contribution is 2.24. The molecule has 1 aromatic carbocycles. The molecular weight excluding hydrogens is 302 g/mol. The Labute approximate surface area is 142 Å². The molecule has 2 heterocycles. The fourth-order valence-corrected chi connectivity index (χ4v) is 3.10. The standard InChI is InChI=1S/C19H25N3O2/c1-19(2,3)17-12-15-13-21(10-11-22(15)20-17)9-8-14-6-4-5-7-16(14)18(23)24/h4-7,12H,8-11,13H2,1-3H3,(H,23,24). The van der Waals surface area contributed by atoms with Crippen molar-refractivity contribution < 1.29 is 9.90 Å². The molecule has 24 heavy (non-hydrogen) atoms. The first-order valence-electron chi connectivity index (χ1n) is 8.45. The number of nitrogens with zero attached hydrogens (tertiary/aromatic N) is 3. The summed E-state index contributed by atoms with van der Waals surface area (Å²) < 4.78 is 2.11. The van der Waals surface area contributed by atoms with Crippen LogP contribution in [0.3, 0.4) is 0 Å². The SMILES string of the molecule is CC(C)(C)c1cc2n(n1)CCN(CCc1ccccc1C(=O)O)C2. The second-order valence-corrected chi connectivity index (χ2v) is 7.48. The number of fused-ring (bicyclic) bond motifs is 1. The number of hydrogen-bond acceptors (Lipinski definition) is 3. The first-order valence-corrected chi connectivity index (χ1v) is 8.45. The van der Waals surface area contributed by atoms with Crippen molar-refractivity contribution in [1.82, 2.24) is 14.7 Å². The lowest BCUT2D eigenvalue weighted by Crippen LogP contribution is -2.35. The van der Waals surface area contributed by atoms with E-state index in [4.69, 9.17) is 5.10 Å². The summed E-state index contributed by atoms with van der Waals surface area (Å²) in [5.74, 6) is -0.850. The molecular formula is C19H25N3O2. The molecule has 0 aliphatic carbocycles. The Bertz CT molecular complexity index is 743. The van der Waals surface area contributed by atoms with Gasteiger partial charge in [-0.05, 0) is 24.1 Å². The molecule has 5 nitrogen and oxygen atoms in total. The van der Waals surface area contributed by atoms with E-state index in [0.29, 0.717) is 5.56 Å². The molecule has 0 fully saturated rings. The maximum Gasteiger partial charge on any atom is 0.335 e. The minimum absolute atomic E-state index is 0.0651. The van der Waals surface area contributed by atoms with Crippen molar-refractivity contribution in [2.45, 2.75) is 45.7 Å². The maximum atomic E-state index is 11.3. The Morgan fingerprint density at radius 1 is 1.25 bits per heavy atom. The molecule has 0 spiro atoms. The summed E-state index contributed by atoms with van der Waals surface area (Å²) in [6.45, 7) is 10.1. The summed E-state index contributed by atoms with van der Waals surface area (Å²) in [5, 5.41) is 14.0. The predicted molar refractivity (Wildman–Crippen MR) is 93.3 cm³/mol. The molecule has 5 heteroatoms. The highest BCUT2D eigenvalue weighted by Gasteiger charge is 2.23. The van der Waals surface area contributed by atoms with Crippen LogP contribution < -0.4 is 0 Å². The fraction of sp³-hybridized carbons (Fsp3) is 0.474. The van der Waals surface area contributed by atoms with E-state index in [0.717, 1.165) is 43.9 Å². The summed E-state index contributed by atoms with van der Waals surface area (Å²) >= 11 is 0. The average molecular weight is 327 g/mol. The van der Waals surface area contributed by atoms with E-state index in [1.165, 1.54) is 5.69 Å². The smallest absolute Gasteiger partial charge is 0.335 e. The number of carboxylic acid groups (broad SMARTS) is 1. The zero-order chi connectivity index (χ0) is 17.3. The van der Waals surface area contributed by atoms with Crippen molar-refractivity contribution in [2.75, 3.05) is 13.1 Å². The van der Waals surface area contributed by atoms with E-state index in [2.05, 4.69) is 36.4 Å². The van der Waals surface area contributed by atoms with Crippen molar-refractivity contribution in [3.05, 3.63) is 52.8 Å². The Kier molecular flexibility index (Phi) is 4.45. The molecule has 128 valence electrons. The van der Waals surface area contributed by atoms with Crippen LogP contribution in [0, 0.1) is 0 Å². The van der Waals surface area contributed by atoms with Gasteiger partial charge in [-0.3, -0.25) is 9.58 Å². The number of aromatic nitrogens is 2. The molecule has 0 saturated carbocycles. The van der Waals surface area contributed by atoms with E-state index in [1.54, 1.807) is 12.1 Å². The monoisotopic (exact) mass is 327 g/mol. The van der Waals surface area contributed by atoms with E-state index in [-0.39, 0.29) is 5.41 Å². The number of hydrogen-bond donors (Lipinski definition) is 1. The number of rotatable bonds is 4. The lowest BCUT2D eigenvalue weighted by Gasteiger charge is -2.27. The van der Waals surface area contributed by atoms with Gasteiger partial charge < -0.3 is 5.11 Å². The molecule has 2 aromatic rings. The zero-order valence-corrected chi connectivity index (χ0v) is 14.6. The number of carbonyl (C=O) groups is 1. The van der Waals surface area contributed by atoms with E-state index >= 15 is 0 Å². The molecule has 0 atom stereocenters. The second kappa shape index (κ2) is 6.40. The quantitative estimate of drug-likeness (QED) is 0.938. The largest absolute Gasteiger partial charge is 0.478 e. The van der Waals surface area contributed by atoms with Gasteiger partial charge in [-0.15, -0.1) is 0 Å². The lowest BCUT2D eigenvalue weighted by atomic mass is 9.92. The van der Waals surface area contributed by atoms with Gasteiger partial charge in [0.1, 0.15) is 0 Å². The molecule has 0 bridgehead atoms. The van der Waals surface area contributed by atoms with Crippen LogP contribution in [0.2, 0.25) is 0 Å². The molecule has 0 saturated heterocycles. The lowest BCUT2D eigenvalue weighted by molar-refractivity contribution is 0.0695. The molecule has 0 unspecified atom stereocenters. The summed E-state index contributed by atoms with van der Waals surface area (Å²) in [7, 11) is 0. The average Bonchev–Trinajstić information content (AvgIpc) is 2.96. The molecule has 1 aliphatic heterocycles. The minimum Gasteiger partial charge on any atom is -0.478 e. The van der Waals surface area contributed by atoms with E-state index in [1.807, 2.05) is 12.1 Å². The van der Waals surface area contributed by atoms with Gasteiger partial charge >= 0.3 is 5.97 Å². The van der Waals surface area contributed by atoms with Gasteiger partial charge in [0.15, 0.2) is 0 Å². The van der Waals surface area contributed by atoms with Gasteiger partial charge in [0.05, 0.1) is 23.5 Å². The van der Waals surface area contributed by atoms with Crippen molar-refractivity contribution in [2.24, 2.45) is 0 Å². The van der Waals surface area contributed by atoms with Gasteiger partial charge in [0, 0.05) is 25.0 Å². The third kappa shape index (κ3) is 3.51. The third-order valence-electron chi connectivity index (χ3n) is 4.59. The van der Waals surface area contributed by atoms with Crippen molar-refractivity contribution in [3.63, 3.8) is 0 Å². The van der Waals surface area contributed by atoms with E-state index < -0.39 is 5.97 Å². The van der Waals surface area contributed by atoms with Crippen LogP contribution in [0.15, 0.2) is 30.3 Å². The van der Waals surface area contributed by atoms with Crippen molar-refractivity contribution >= 4 is 5.97 Å². The minimum atomic E-state index is -0.850. The Hall–Kier alpha value is -2.14.